The van der Waals surface area contributed by atoms with Gasteiger partial charge in [0.15, 0.2) is 6.10 Å². The van der Waals surface area contributed by atoms with Crippen molar-refractivity contribution in [1.82, 2.24) is 0 Å². The molecule has 0 radical (unpaired) electrons. The average Bonchev–Trinajstić information content (AvgIpc) is 0.970. The van der Waals surface area contributed by atoms with Crippen LogP contribution in [0.3, 0.4) is 0 Å². The van der Waals surface area contributed by atoms with E-state index in [0.29, 0.717) is 12.8 Å². The van der Waals surface area contributed by atoms with Crippen LogP contribution in [0.15, 0.2) is 267 Å². The van der Waals surface area contributed by atoms with Gasteiger partial charge in [0.1, 0.15) is 6.61 Å². The van der Waals surface area contributed by atoms with E-state index in [1.807, 2.05) is 0 Å². The zero-order valence-electron chi connectivity index (χ0n) is 64.4. The molecule has 2 atom stereocenters. The van der Waals surface area contributed by atoms with Crippen LogP contribution in [0.4, 0.5) is 0 Å². The lowest BCUT2D eigenvalue weighted by Crippen LogP contribution is -2.29. The third-order valence-electron chi connectivity index (χ3n) is 15.6. The normalized spacial score (nSPS) is 14.3. The molecule has 0 saturated carbocycles. The molecule has 2 unspecified atom stereocenters. The Balaban J connectivity index is 4.03. The van der Waals surface area contributed by atoms with E-state index >= 15 is 0 Å². The Morgan fingerprint density at radius 3 is 0.748 bits per heavy atom. The Morgan fingerprint density at radius 1 is 0.291 bits per heavy atom. The van der Waals surface area contributed by atoms with Crippen LogP contribution in [0.2, 0.25) is 0 Å². The van der Waals surface area contributed by atoms with Gasteiger partial charge in [-0.15, -0.1) is 0 Å². The molecular weight excluding hydrogens is 1290 g/mol. The molecule has 0 spiro atoms. The number of nitrogens with two attached hydrogens (primary N) is 1. The first kappa shape index (κ1) is 96.3. The van der Waals surface area contributed by atoms with E-state index in [0.717, 1.165) is 193 Å². The van der Waals surface area contributed by atoms with Crippen LogP contribution in [0.25, 0.3) is 0 Å². The molecule has 0 saturated heterocycles. The predicted molar refractivity (Wildman–Crippen MR) is 449 cm³/mol. The lowest BCUT2D eigenvalue weighted by molar-refractivity contribution is -0.161. The van der Waals surface area contributed by atoms with Gasteiger partial charge in [0.05, 0.1) is 13.2 Å². The fraction of sp³-hybridized carbons (Fsp3) is 0.505. The van der Waals surface area contributed by atoms with Crippen molar-refractivity contribution in [2.45, 2.75) is 277 Å². The minimum atomic E-state index is -4.43. The molecule has 0 aromatic carbocycles. The van der Waals surface area contributed by atoms with E-state index in [1.165, 1.54) is 38.5 Å². The minimum absolute atomic E-state index is 0.0347. The Hall–Kier alpha value is -6.71. The molecule has 0 aliphatic heterocycles. The van der Waals surface area contributed by atoms with Gasteiger partial charge in [-0.25, -0.2) is 4.57 Å². The van der Waals surface area contributed by atoms with Crippen molar-refractivity contribution in [2.75, 3.05) is 26.4 Å². The molecule has 0 amide bonds. The molecule has 3 N–H and O–H groups in total. The molecule has 103 heavy (non-hydrogen) atoms. The summed E-state index contributed by atoms with van der Waals surface area (Å²) in [5.41, 5.74) is 5.41. The van der Waals surface area contributed by atoms with Crippen LogP contribution in [0, 0.1) is 0 Å². The van der Waals surface area contributed by atoms with Gasteiger partial charge in [-0.05, 0) is 180 Å². The number of phosphoric ester groups is 1. The van der Waals surface area contributed by atoms with Gasteiger partial charge in [-0.2, -0.15) is 0 Å². The summed E-state index contributed by atoms with van der Waals surface area (Å²) >= 11 is 0. The number of allylic oxidation sites excluding steroid dienone is 44. The predicted octanol–water partition coefficient (Wildman–Crippen LogP) is 27.4. The minimum Gasteiger partial charge on any atom is -0.462 e. The maximum atomic E-state index is 12.8. The highest BCUT2D eigenvalue weighted by Gasteiger charge is 2.26. The molecule has 0 heterocycles. The number of rotatable bonds is 71. The summed E-state index contributed by atoms with van der Waals surface area (Å²) in [7, 11) is -4.43. The lowest BCUT2D eigenvalue weighted by Gasteiger charge is -2.19. The number of phosphoric acid groups is 1. The molecule has 0 aliphatic rings. The summed E-state index contributed by atoms with van der Waals surface area (Å²) in [6.45, 7) is 3.45. The van der Waals surface area contributed by atoms with Crippen molar-refractivity contribution in [3.63, 3.8) is 0 Å². The molecule has 0 bridgehead atoms. The number of ether oxygens (including phenoxy) is 2. The van der Waals surface area contributed by atoms with Gasteiger partial charge in [0.2, 0.25) is 0 Å². The van der Waals surface area contributed by atoms with Crippen LogP contribution in [-0.2, 0) is 32.7 Å². The van der Waals surface area contributed by atoms with Crippen molar-refractivity contribution in [3.05, 3.63) is 267 Å². The highest BCUT2D eigenvalue weighted by Crippen LogP contribution is 2.43. The molecular formula is C93H142NO8P. The van der Waals surface area contributed by atoms with Crippen LogP contribution in [-0.4, -0.2) is 49.3 Å². The Kier molecular flexibility index (Phi) is 78.7. The second-order valence-corrected chi connectivity index (χ2v) is 26.6. The summed E-state index contributed by atoms with van der Waals surface area (Å²) in [5.74, 6) is -0.880. The number of hydrogen-bond donors (Lipinski definition) is 2. The van der Waals surface area contributed by atoms with E-state index in [2.05, 4.69) is 281 Å². The van der Waals surface area contributed by atoms with Gasteiger partial charge in [-0.3, -0.25) is 18.6 Å². The third-order valence-corrected chi connectivity index (χ3v) is 16.6. The summed E-state index contributed by atoms with van der Waals surface area (Å²) < 4.78 is 33.2. The van der Waals surface area contributed by atoms with Gasteiger partial charge in [0, 0.05) is 19.4 Å². The summed E-state index contributed by atoms with van der Waals surface area (Å²) in [6.07, 6.45) is 136. The van der Waals surface area contributed by atoms with E-state index in [4.69, 9.17) is 24.3 Å². The van der Waals surface area contributed by atoms with Crippen LogP contribution in [0.1, 0.15) is 271 Å². The molecule has 572 valence electrons. The topological polar surface area (TPSA) is 134 Å². The fourth-order valence-electron chi connectivity index (χ4n) is 9.82. The van der Waals surface area contributed by atoms with Gasteiger partial charge in [0.25, 0.3) is 0 Å². The highest BCUT2D eigenvalue weighted by atomic mass is 31.2. The van der Waals surface area contributed by atoms with Crippen molar-refractivity contribution in [1.29, 1.82) is 0 Å². The molecule has 10 heteroatoms. The standard InChI is InChI=1S/C93H142NO8P/c1-3-5-7-9-11-13-15-17-19-21-23-25-27-29-31-33-35-37-39-41-43-45-47-49-51-53-55-57-59-61-63-65-67-69-71-73-75-77-79-81-83-85-92(95)99-89-91(90-101-103(97,98)100-88-87-94)102-93(96)86-84-82-80-78-76-74-72-70-68-66-64-62-60-58-56-54-52-50-48-46-44-42-40-38-36-34-32-30-28-26-24-22-20-18-16-14-12-10-8-6-4-2/h5-8,11-14,17-20,23-26,29-32,35-38,41-44,47-50,53-56,59-62,66,68,72,74,91H,3-4,9-10,15-16,21-22,27-28,33-34,39-40,45-46,51-52,57-58,63-65,67,69-71,73,75-90,94H2,1-2H3,(H,97,98)/b7-5-,8-6-,13-11-,14-12-,19-17-,20-18-,25-23-,26-24-,31-29-,32-30-,37-35-,38-36-,43-41-,44-42-,49-47-,50-48-,55-53-,56-54-,61-59-,62-60-,68-66-,74-72-. The monoisotopic (exact) mass is 1430 g/mol. The molecule has 0 aromatic heterocycles. The molecule has 9 nitrogen and oxygen atoms in total. The SMILES string of the molecule is CC/C=C\C/C=C\C/C=C\C/C=C\C/C=C\C/C=C\C/C=C\C/C=C\C/C=C\C/C=C\C/C=C\C/C=C\CCCCCCC(=O)OC(COC(=O)CCCCCCCCCCCC/C=C\C/C=C\C/C=C\C/C=C\C/C=C\C/C=C\C/C=C\C/C=C\C/C=C\C/C=C\CC)COP(=O)(O)OCCN. The highest BCUT2D eigenvalue weighted by molar-refractivity contribution is 7.47. The number of hydrogen-bond acceptors (Lipinski definition) is 8. The quantitative estimate of drug-likeness (QED) is 0.0264. The van der Waals surface area contributed by atoms with Crippen molar-refractivity contribution in [2.24, 2.45) is 5.73 Å². The number of carbonyl (C=O) groups excluding carboxylic acids is 2. The number of unbranched alkanes of at least 4 members (excludes halogenated alkanes) is 14. The molecule has 0 aromatic rings. The Labute approximate surface area is 630 Å². The first-order chi connectivity index (χ1) is 50.8. The maximum absolute atomic E-state index is 12.8. The third kappa shape index (κ3) is 84.1. The zero-order valence-corrected chi connectivity index (χ0v) is 65.3. The first-order valence-electron chi connectivity index (χ1n) is 39.8. The zero-order chi connectivity index (χ0) is 74.3. The smallest absolute Gasteiger partial charge is 0.462 e. The average molecular weight is 1430 g/mol. The number of carbonyl (C=O) groups is 2. The van der Waals surface area contributed by atoms with E-state index in [1.54, 1.807) is 0 Å². The van der Waals surface area contributed by atoms with Crippen molar-refractivity contribution in [3.8, 4) is 0 Å². The summed E-state index contributed by atoms with van der Waals surface area (Å²) in [5, 5.41) is 0. The van der Waals surface area contributed by atoms with Crippen LogP contribution >= 0.6 is 7.82 Å². The molecule has 0 fully saturated rings. The summed E-state index contributed by atoms with van der Waals surface area (Å²) in [4.78, 5) is 35.5. The van der Waals surface area contributed by atoms with Crippen molar-refractivity contribution >= 4 is 19.8 Å². The number of esters is 2. The van der Waals surface area contributed by atoms with Crippen LogP contribution < -0.4 is 5.73 Å². The largest absolute Gasteiger partial charge is 0.472 e. The van der Waals surface area contributed by atoms with Gasteiger partial charge in [-0.1, -0.05) is 345 Å². The van der Waals surface area contributed by atoms with Crippen molar-refractivity contribution < 1.29 is 37.6 Å². The fourth-order valence-corrected chi connectivity index (χ4v) is 10.6. The van der Waals surface area contributed by atoms with Gasteiger partial charge < -0.3 is 20.1 Å². The lowest BCUT2D eigenvalue weighted by atomic mass is 10.1. The van der Waals surface area contributed by atoms with E-state index in [9.17, 15) is 19.0 Å². The van der Waals surface area contributed by atoms with Gasteiger partial charge >= 0.3 is 19.8 Å². The second-order valence-electron chi connectivity index (χ2n) is 25.1. The maximum Gasteiger partial charge on any atom is 0.472 e. The Morgan fingerprint density at radius 2 is 0.505 bits per heavy atom. The first-order valence-corrected chi connectivity index (χ1v) is 41.3. The summed E-state index contributed by atoms with van der Waals surface area (Å²) in [6, 6.07) is 0. The van der Waals surface area contributed by atoms with E-state index < -0.39 is 32.5 Å². The second kappa shape index (κ2) is 84.2. The molecule has 0 aliphatic carbocycles. The van der Waals surface area contributed by atoms with E-state index in [-0.39, 0.29) is 32.6 Å². The Bertz CT molecular complexity index is 2710. The molecule has 0 rings (SSSR count). The van der Waals surface area contributed by atoms with Crippen LogP contribution in [0.5, 0.6) is 0 Å².